The van der Waals surface area contributed by atoms with Gasteiger partial charge < -0.3 is 15.0 Å². The average molecular weight is 397 g/mol. The van der Waals surface area contributed by atoms with Crippen molar-refractivity contribution >= 4 is 11.8 Å². The summed E-state index contributed by atoms with van der Waals surface area (Å²) >= 11 is 0. The first-order valence-electron chi connectivity index (χ1n) is 10.1. The Hall–Kier alpha value is -2.82. The molecule has 2 amide bonds. The van der Waals surface area contributed by atoms with Crippen molar-refractivity contribution in [3.05, 3.63) is 65.2 Å². The SMILES string of the molecule is CCC(C)NC(=O)C(C)N(Cc1ccc(C)cc1)C(=O)COc1cccc(C)c1. The second-order valence-electron chi connectivity index (χ2n) is 7.61. The summed E-state index contributed by atoms with van der Waals surface area (Å²) in [6, 6.07) is 15.0. The van der Waals surface area contributed by atoms with Gasteiger partial charge in [0.2, 0.25) is 5.91 Å². The van der Waals surface area contributed by atoms with E-state index in [9.17, 15) is 9.59 Å². The van der Waals surface area contributed by atoms with E-state index in [0.29, 0.717) is 12.3 Å². The Morgan fingerprint density at radius 3 is 2.34 bits per heavy atom. The topological polar surface area (TPSA) is 58.6 Å². The van der Waals surface area contributed by atoms with Gasteiger partial charge in [-0.15, -0.1) is 0 Å². The standard InChI is InChI=1S/C24H32N2O3/c1-6-19(4)25-24(28)20(5)26(15-21-12-10-17(2)11-13-21)23(27)16-29-22-9-7-8-18(3)14-22/h7-14,19-20H,6,15-16H2,1-5H3,(H,25,28). The second kappa shape index (κ2) is 10.6. The number of hydrogen-bond acceptors (Lipinski definition) is 3. The van der Waals surface area contributed by atoms with Gasteiger partial charge in [-0.1, -0.05) is 48.9 Å². The molecule has 0 spiro atoms. The molecule has 2 aromatic rings. The summed E-state index contributed by atoms with van der Waals surface area (Å²) in [6.45, 7) is 9.96. The van der Waals surface area contributed by atoms with Crippen molar-refractivity contribution in [2.45, 2.75) is 59.7 Å². The maximum absolute atomic E-state index is 13.0. The van der Waals surface area contributed by atoms with Gasteiger partial charge in [-0.2, -0.15) is 0 Å². The van der Waals surface area contributed by atoms with Crippen LogP contribution in [0.15, 0.2) is 48.5 Å². The highest BCUT2D eigenvalue weighted by atomic mass is 16.5. The summed E-state index contributed by atoms with van der Waals surface area (Å²) in [5.41, 5.74) is 3.19. The van der Waals surface area contributed by atoms with Crippen molar-refractivity contribution in [3.63, 3.8) is 0 Å². The van der Waals surface area contributed by atoms with Gasteiger partial charge in [0, 0.05) is 12.6 Å². The van der Waals surface area contributed by atoms with Gasteiger partial charge in [-0.05, 0) is 57.4 Å². The molecule has 0 aromatic heterocycles. The maximum Gasteiger partial charge on any atom is 0.261 e. The minimum Gasteiger partial charge on any atom is -0.484 e. The molecule has 0 heterocycles. The Labute approximate surface area is 174 Å². The number of hydrogen-bond donors (Lipinski definition) is 1. The van der Waals surface area contributed by atoms with Gasteiger partial charge in [0.05, 0.1) is 0 Å². The molecule has 0 radical (unpaired) electrons. The molecule has 0 aliphatic carbocycles. The highest BCUT2D eigenvalue weighted by Crippen LogP contribution is 2.15. The lowest BCUT2D eigenvalue weighted by molar-refractivity contribution is -0.142. The van der Waals surface area contributed by atoms with Gasteiger partial charge in [-0.3, -0.25) is 9.59 Å². The predicted octanol–water partition coefficient (Wildman–Crippen LogP) is 4.01. The highest BCUT2D eigenvalue weighted by Gasteiger charge is 2.27. The van der Waals surface area contributed by atoms with Crippen molar-refractivity contribution in [3.8, 4) is 5.75 Å². The molecule has 2 atom stereocenters. The number of ether oxygens (including phenoxy) is 1. The van der Waals surface area contributed by atoms with Crippen LogP contribution in [0.4, 0.5) is 0 Å². The molecule has 0 aliphatic rings. The molecule has 1 N–H and O–H groups in total. The first-order chi connectivity index (χ1) is 13.8. The fraction of sp³-hybridized carbons (Fsp3) is 0.417. The third-order valence-corrected chi connectivity index (χ3v) is 4.99. The first-order valence-corrected chi connectivity index (χ1v) is 10.1. The third-order valence-electron chi connectivity index (χ3n) is 4.99. The van der Waals surface area contributed by atoms with Crippen LogP contribution < -0.4 is 10.1 Å². The minimum atomic E-state index is -0.598. The Morgan fingerprint density at radius 2 is 1.72 bits per heavy atom. The van der Waals surface area contributed by atoms with Gasteiger partial charge in [-0.25, -0.2) is 0 Å². The number of rotatable bonds is 9. The van der Waals surface area contributed by atoms with Crippen molar-refractivity contribution in [2.75, 3.05) is 6.61 Å². The van der Waals surface area contributed by atoms with E-state index in [1.54, 1.807) is 11.8 Å². The lowest BCUT2D eigenvalue weighted by Crippen LogP contribution is -2.50. The molecule has 2 rings (SSSR count). The number of carbonyl (C=O) groups is 2. The van der Waals surface area contributed by atoms with E-state index in [-0.39, 0.29) is 24.5 Å². The van der Waals surface area contributed by atoms with Gasteiger partial charge >= 0.3 is 0 Å². The van der Waals surface area contributed by atoms with Crippen LogP contribution >= 0.6 is 0 Å². The Morgan fingerprint density at radius 1 is 1.03 bits per heavy atom. The fourth-order valence-electron chi connectivity index (χ4n) is 2.87. The van der Waals surface area contributed by atoms with E-state index in [1.165, 1.54) is 0 Å². The van der Waals surface area contributed by atoms with E-state index in [4.69, 9.17) is 4.74 Å². The summed E-state index contributed by atoms with van der Waals surface area (Å²) in [5, 5.41) is 2.97. The summed E-state index contributed by atoms with van der Waals surface area (Å²) < 4.78 is 5.70. The maximum atomic E-state index is 13.0. The number of nitrogens with one attached hydrogen (secondary N) is 1. The van der Waals surface area contributed by atoms with E-state index >= 15 is 0 Å². The third kappa shape index (κ3) is 6.93. The van der Waals surface area contributed by atoms with Crippen molar-refractivity contribution in [1.82, 2.24) is 10.2 Å². The second-order valence-corrected chi connectivity index (χ2v) is 7.61. The van der Waals surface area contributed by atoms with Gasteiger partial charge in [0.25, 0.3) is 5.91 Å². The van der Waals surface area contributed by atoms with Crippen LogP contribution in [0.25, 0.3) is 0 Å². The van der Waals surface area contributed by atoms with Crippen LogP contribution in [0.3, 0.4) is 0 Å². The summed E-state index contributed by atoms with van der Waals surface area (Å²) in [7, 11) is 0. The highest BCUT2D eigenvalue weighted by molar-refractivity contribution is 5.88. The number of aryl methyl sites for hydroxylation is 2. The van der Waals surface area contributed by atoms with Crippen LogP contribution in [0.2, 0.25) is 0 Å². The average Bonchev–Trinajstić information content (AvgIpc) is 2.71. The van der Waals surface area contributed by atoms with Gasteiger partial charge in [0.1, 0.15) is 11.8 Å². The quantitative estimate of drug-likeness (QED) is 0.697. The van der Waals surface area contributed by atoms with Crippen LogP contribution in [-0.2, 0) is 16.1 Å². The van der Waals surface area contributed by atoms with E-state index in [0.717, 1.165) is 23.1 Å². The Balaban J connectivity index is 2.14. The van der Waals surface area contributed by atoms with Crippen LogP contribution in [-0.4, -0.2) is 35.4 Å². The lowest BCUT2D eigenvalue weighted by Gasteiger charge is -2.29. The molecule has 0 aliphatic heterocycles. The molecule has 0 bridgehead atoms. The normalized spacial score (nSPS) is 12.7. The van der Waals surface area contributed by atoms with Crippen LogP contribution in [0.5, 0.6) is 5.75 Å². The van der Waals surface area contributed by atoms with Crippen LogP contribution in [0, 0.1) is 13.8 Å². The molecule has 5 nitrogen and oxygen atoms in total. The van der Waals surface area contributed by atoms with E-state index in [1.807, 2.05) is 76.2 Å². The number of carbonyl (C=O) groups excluding carboxylic acids is 2. The zero-order valence-electron chi connectivity index (χ0n) is 18.1. The number of nitrogens with zero attached hydrogens (tertiary/aromatic N) is 1. The Bertz CT molecular complexity index is 817. The van der Waals surface area contributed by atoms with Gasteiger partial charge in [0.15, 0.2) is 6.61 Å². The number of amides is 2. The van der Waals surface area contributed by atoms with Crippen LogP contribution in [0.1, 0.15) is 43.9 Å². The molecule has 2 aromatic carbocycles. The molecule has 0 saturated heterocycles. The minimum absolute atomic E-state index is 0.0600. The van der Waals surface area contributed by atoms with E-state index < -0.39 is 6.04 Å². The molecule has 0 saturated carbocycles. The smallest absolute Gasteiger partial charge is 0.261 e. The monoisotopic (exact) mass is 396 g/mol. The summed E-state index contributed by atoms with van der Waals surface area (Å²) in [5.74, 6) is 0.264. The molecular formula is C24H32N2O3. The van der Waals surface area contributed by atoms with Crippen molar-refractivity contribution in [1.29, 1.82) is 0 Å². The zero-order valence-corrected chi connectivity index (χ0v) is 18.1. The number of benzene rings is 2. The summed E-state index contributed by atoms with van der Waals surface area (Å²) in [4.78, 5) is 27.3. The molecular weight excluding hydrogens is 364 g/mol. The molecule has 29 heavy (non-hydrogen) atoms. The van der Waals surface area contributed by atoms with Crippen molar-refractivity contribution in [2.24, 2.45) is 0 Å². The molecule has 0 fully saturated rings. The first kappa shape index (κ1) is 22.5. The fourth-order valence-corrected chi connectivity index (χ4v) is 2.87. The predicted molar refractivity (Wildman–Crippen MR) is 116 cm³/mol. The molecule has 5 heteroatoms. The molecule has 2 unspecified atom stereocenters. The molecule has 156 valence electrons. The van der Waals surface area contributed by atoms with E-state index in [2.05, 4.69) is 5.32 Å². The van der Waals surface area contributed by atoms with Crippen molar-refractivity contribution < 1.29 is 14.3 Å². The Kier molecular flexibility index (Phi) is 8.25. The summed E-state index contributed by atoms with van der Waals surface area (Å²) in [6.07, 6.45) is 0.834. The lowest BCUT2D eigenvalue weighted by atomic mass is 10.1. The largest absolute Gasteiger partial charge is 0.484 e. The zero-order chi connectivity index (χ0) is 21.4.